The van der Waals surface area contributed by atoms with E-state index in [1.807, 2.05) is 76.7 Å². The summed E-state index contributed by atoms with van der Waals surface area (Å²) in [5.74, 6) is 0. The zero-order valence-corrected chi connectivity index (χ0v) is 20.7. The molecule has 0 atom stereocenters. The first-order valence-corrected chi connectivity index (χ1v) is 11.7. The lowest BCUT2D eigenvalue weighted by molar-refractivity contribution is 0.0263. The summed E-state index contributed by atoms with van der Waals surface area (Å²) < 4.78 is 13.6. The largest absolute Gasteiger partial charge is 0.421 e. The second-order valence-corrected chi connectivity index (χ2v) is 9.13. The molecule has 0 N–H and O–H groups in total. The summed E-state index contributed by atoms with van der Waals surface area (Å²) >= 11 is 0. The van der Waals surface area contributed by atoms with Crippen molar-refractivity contribution in [2.75, 3.05) is 48.1 Å². The highest BCUT2D eigenvalue weighted by Gasteiger charge is 2.17. The van der Waals surface area contributed by atoms with Crippen LogP contribution in [0.2, 0.25) is 0 Å². The summed E-state index contributed by atoms with van der Waals surface area (Å²) in [6.45, 7) is 1.25. The van der Waals surface area contributed by atoms with Crippen LogP contribution >= 0.6 is 0 Å². The van der Waals surface area contributed by atoms with E-state index in [2.05, 4.69) is 9.80 Å². The number of hydrogen-bond acceptors (Lipinski definition) is 6. The Bertz CT molecular complexity index is 1230. The third-order valence-electron chi connectivity index (χ3n) is 6.00. The van der Waals surface area contributed by atoms with Crippen LogP contribution in [-0.4, -0.2) is 79.2 Å². The highest BCUT2D eigenvalue weighted by atomic mass is 16.7. The fourth-order valence-electron chi connectivity index (χ4n) is 4.16. The molecule has 2 aromatic heterocycles. The van der Waals surface area contributed by atoms with Gasteiger partial charge in [-0.3, -0.25) is 9.13 Å². The number of benzene rings is 2. The molecule has 8 heteroatoms. The fraction of sp³-hybridized carbons (Fsp3) is 0.333. The molecule has 0 bridgehead atoms. The van der Waals surface area contributed by atoms with E-state index < -0.39 is 19.0 Å². The topological polar surface area (TPSA) is 68.9 Å². The van der Waals surface area contributed by atoms with E-state index in [0.717, 1.165) is 58.9 Å². The molecule has 2 aromatic carbocycles. The van der Waals surface area contributed by atoms with Gasteiger partial charge in [-0.25, -0.2) is 9.59 Å². The maximum atomic E-state index is 12.8. The molecule has 8 nitrogen and oxygen atoms in total. The molecular formula is C27H32N4O4. The Kier molecular flexibility index (Phi) is 7.53. The molecule has 0 unspecified atom stereocenters. The van der Waals surface area contributed by atoms with Crippen LogP contribution in [-0.2, 0) is 22.3 Å². The van der Waals surface area contributed by atoms with Gasteiger partial charge in [0.2, 0.25) is 6.79 Å². The molecule has 35 heavy (non-hydrogen) atoms. The van der Waals surface area contributed by atoms with Crippen molar-refractivity contribution in [1.29, 1.82) is 0 Å². The molecule has 2 heterocycles. The van der Waals surface area contributed by atoms with Gasteiger partial charge >= 0.3 is 12.2 Å². The van der Waals surface area contributed by atoms with Gasteiger partial charge in [0.25, 0.3) is 0 Å². The van der Waals surface area contributed by atoms with Crippen LogP contribution in [0, 0.1) is 0 Å². The Hall–Kier alpha value is -3.62. The van der Waals surface area contributed by atoms with E-state index in [1.54, 1.807) is 12.4 Å². The molecule has 0 aliphatic heterocycles. The zero-order valence-electron chi connectivity index (χ0n) is 20.7. The summed E-state index contributed by atoms with van der Waals surface area (Å²) in [6.07, 6.45) is 4.03. The van der Waals surface area contributed by atoms with Crippen molar-refractivity contribution in [2.45, 2.75) is 12.8 Å². The Morgan fingerprint density at radius 2 is 1.09 bits per heavy atom. The van der Waals surface area contributed by atoms with Crippen LogP contribution in [0.5, 0.6) is 0 Å². The molecule has 0 spiro atoms. The van der Waals surface area contributed by atoms with Gasteiger partial charge in [0.05, 0.1) is 11.0 Å². The van der Waals surface area contributed by atoms with Crippen LogP contribution in [0.15, 0.2) is 60.9 Å². The van der Waals surface area contributed by atoms with Gasteiger partial charge < -0.3 is 19.3 Å². The molecule has 0 aliphatic carbocycles. The first kappa shape index (κ1) is 24.5. The second-order valence-electron chi connectivity index (χ2n) is 9.13. The van der Waals surface area contributed by atoms with Crippen molar-refractivity contribution < 1.29 is 19.1 Å². The van der Waals surface area contributed by atoms with Gasteiger partial charge in [-0.05, 0) is 64.3 Å². The van der Waals surface area contributed by atoms with Crippen molar-refractivity contribution in [2.24, 2.45) is 0 Å². The third kappa shape index (κ3) is 5.55. The van der Waals surface area contributed by atoms with E-state index in [0.29, 0.717) is 0 Å². The first-order chi connectivity index (χ1) is 16.8. The minimum absolute atomic E-state index is 0.475. The minimum atomic E-state index is -0.589. The molecule has 0 saturated heterocycles. The molecule has 0 aliphatic rings. The predicted molar refractivity (Wildman–Crippen MR) is 137 cm³/mol. The summed E-state index contributed by atoms with van der Waals surface area (Å²) in [5.41, 5.74) is 3.65. The van der Waals surface area contributed by atoms with Crippen molar-refractivity contribution in [1.82, 2.24) is 18.9 Å². The van der Waals surface area contributed by atoms with Crippen molar-refractivity contribution in [3.63, 3.8) is 0 Å². The number of fused-ring (bicyclic) bond motifs is 2. The Balaban J connectivity index is 1.44. The standard InChI is InChI=1S/C27H32N4O4/c1-28(2)15-13-20-17-30(24-11-7-5-9-22(20)24)26(32)34-19-35-27(33)31-18-21(14-16-29(3)4)23-10-6-8-12-25(23)31/h5-12,17-18H,13-16,19H2,1-4H3. The molecule has 0 saturated carbocycles. The van der Waals surface area contributed by atoms with E-state index in [4.69, 9.17) is 9.47 Å². The third-order valence-corrected chi connectivity index (χ3v) is 6.00. The fourth-order valence-corrected chi connectivity index (χ4v) is 4.16. The monoisotopic (exact) mass is 476 g/mol. The number of para-hydroxylation sites is 2. The second kappa shape index (κ2) is 10.8. The molecule has 4 rings (SSSR count). The lowest BCUT2D eigenvalue weighted by Gasteiger charge is -2.09. The van der Waals surface area contributed by atoms with Gasteiger partial charge in [0.1, 0.15) is 0 Å². The Labute approximate surface area is 205 Å². The maximum absolute atomic E-state index is 12.8. The number of carbonyl (C=O) groups excluding carboxylic acids is 2. The smallest absolute Gasteiger partial charge is 0.411 e. The first-order valence-electron chi connectivity index (χ1n) is 11.7. The van der Waals surface area contributed by atoms with E-state index >= 15 is 0 Å². The minimum Gasteiger partial charge on any atom is -0.411 e. The van der Waals surface area contributed by atoms with E-state index in [1.165, 1.54) is 9.13 Å². The number of ether oxygens (including phenoxy) is 2. The molecule has 0 fully saturated rings. The average Bonchev–Trinajstić information content (AvgIpc) is 3.40. The van der Waals surface area contributed by atoms with Crippen LogP contribution < -0.4 is 0 Å². The van der Waals surface area contributed by atoms with Crippen molar-refractivity contribution in [3.8, 4) is 0 Å². The van der Waals surface area contributed by atoms with Crippen LogP contribution in [0.25, 0.3) is 21.8 Å². The summed E-state index contributed by atoms with van der Waals surface area (Å²) in [7, 11) is 8.06. The number of aromatic nitrogens is 2. The molecular weight excluding hydrogens is 444 g/mol. The quantitative estimate of drug-likeness (QED) is 0.351. The Morgan fingerprint density at radius 3 is 1.49 bits per heavy atom. The van der Waals surface area contributed by atoms with Gasteiger partial charge in [0.15, 0.2) is 0 Å². The SMILES string of the molecule is CN(C)CCc1cn(C(=O)OCOC(=O)n2cc(CCN(C)C)c3ccccc32)c2ccccc12. The van der Waals surface area contributed by atoms with Gasteiger partial charge in [-0.15, -0.1) is 0 Å². The van der Waals surface area contributed by atoms with Gasteiger partial charge in [-0.1, -0.05) is 36.4 Å². The number of nitrogens with zero attached hydrogens (tertiary/aromatic N) is 4. The number of rotatable bonds is 8. The number of carbonyl (C=O) groups is 2. The summed E-state index contributed by atoms with van der Waals surface area (Å²) in [6, 6.07) is 15.4. The van der Waals surface area contributed by atoms with Crippen LogP contribution in [0.4, 0.5) is 9.59 Å². The normalized spacial score (nSPS) is 11.6. The van der Waals surface area contributed by atoms with E-state index in [-0.39, 0.29) is 0 Å². The average molecular weight is 477 g/mol. The lowest BCUT2D eigenvalue weighted by Crippen LogP contribution is -2.19. The van der Waals surface area contributed by atoms with Crippen LogP contribution in [0.3, 0.4) is 0 Å². The molecule has 0 radical (unpaired) electrons. The zero-order chi connectivity index (χ0) is 24.9. The number of likely N-dealkylation sites (N-methyl/N-ethyl adjacent to an activating group) is 2. The summed E-state index contributed by atoms with van der Waals surface area (Å²) in [5, 5.41) is 2.01. The molecule has 4 aromatic rings. The molecule has 0 amide bonds. The van der Waals surface area contributed by atoms with Crippen LogP contribution in [0.1, 0.15) is 11.1 Å². The van der Waals surface area contributed by atoms with Gasteiger partial charge in [-0.2, -0.15) is 0 Å². The highest BCUT2D eigenvalue weighted by molar-refractivity contribution is 5.93. The number of hydrogen-bond donors (Lipinski definition) is 0. The van der Waals surface area contributed by atoms with Gasteiger partial charge in [0, 0.05) is 36.3 Å². The lowest BCUT2D eigenvalue weighted by atomic mass is 10.1. The predicted octanol–water partition coefficient (Wildman–Crippen LogP) is 4.43. The maximum Gasteiger partial charge on any atom is 0.421 e. The summed E-state index contributed by atoms with van der Waals surface area (Å²) in [4.78, 5) is 29.8. The highest BCUT2D eigenvalue weighted by Crippen LogP contribution is 2.23. The Morgan fingerprint density at radius 1 is 0.686 bits per heavy atom. The molecule has 184 valence electrons. The van der Waals surface area contributed by atoms with E-state index in [9.17, 15) is 9.59 Å². The van der Waals surface area contributed by atoms with Crippen molar-refractivity contribution >= 4 is 34.0 Å². The van der Waals surface area contributed by atoms with Crippen molar-refractivity contribution in [3.05, 3.63) is 72.1 Å².